The molecule has 0 atom stereocenters. The van der Waals surface area contributed by atoms with Crippen molar-refractivity contribution in [2.75, 3.05) is 5.32 Å². The van der Waals surface area contributed by atoms with E-state index in [0.717, 1.165) is 6.07 Å². The lowest BCUT2D eigenvalue weighted by molar-refractivity contribution is 0.0660. The van der Waals surface area contributed by atoms with Crippen LogP contribution in [-0.4, -0.2) is 17.0 Å². The number of aryl methyl sites for hydroxylation is 1. The number of furan rings is 1. The molecule has 0 aliphatic carbocycles. The van der Waals surface area contributed by atoms with Crippen molar-refractivity contribution in [2.24, 2.45) is 0 Å². The second kappa shape index (κ2) is 4.93. The predicted molar refractivity (Wildman–Crippen MR) is 64.8 cm³/mol. The number of para-hydroxylation sites is 1. The summed E-state index contributed by atoms with van der Waals surface area (Å²) in [6.45, 7) is 1.64. The predicted octanol–water partition coefficient (Wildman–Crippen LogP) is 2.68. The Hall–Kier alpha value is -2.63. The first-order valence-electron chi connectivity index (χ1n) is 5.38. The third-order valence-electron chi connectivity index (χ3n) is 2.50. The maximum Gasteiger partial charge on any atom is 0.371 e. The van der Waals surface area contributed by atoms with Gasteiger partial charge < -0.3 is 14.8 Å². The van der Waals surface area contributed by atoms with Crippen molar-refractivity contribution >= 4 is 17.6 Å². The molecule has 0 unspecified atom stereocenters. The van der Waals surface area contributed by atoms with Gasteiger partial charge >= 0.3 is 5.97 Å². The zero-order valence-electron chi connectivity index (χ0n) is 9.94. The third-order valence-corrected chi connectivity index (χ3v) is 2.50. The summed E-state index contributed by atoms with van der Waals surface area (Å²) in [4.78, 5) is 22.4. The Morgan fingerprint density at radius 2 is 1.89 bits per heavy atom. The highest BCUT2D eigenvalue weighted by molar-refractivity contribution is 6.03. The van der Waals surface area contributed by atoms with Gasteiger partial charge in [0.25, 0.3) is 5.91 Å². The average molecular weight is 263 g/mol. The highest BCUT2D eigenvalue weighted by atomic mass is 19.1. The van der Waals surface area contributed by atoms with Crippen molar-refractivity contribution in [3.63, 3.8) is 0 Å². The highest BCUT2D eigenvalue weighted by Crippen LogP contribution is 2.20. The van der Waals surface area contributed by atoms with Gasteiger partial charge in [-0.2, -0.15) is 0 Å². The van der Waals surface area contributed by atoms with E-state index in [1.165, 1.54) is 18.2 Å². The van der Waals surface area contributed by atoms with Crippen LogP contribution < -0.4 is 5.32 Å². The second-order valence-electron chi connectivity index (χ2n) is 3.85. The van der Waals surface area contributed by atoms with Crippen molar-refractivity contribution in [2.45, 2.75) is 6.92 Å². The van der Waals surface area contributed by atoms with Gasteiger partial charge in [-0.25, -0.2) is 9.18 Å². The van der Waals surface area contributed by atoms with Gasteiger partial charge in [0.2, 0.25) is 5.76 Å². The summed E-state index contributed by atoms with van der Waals surface area (Å²) in [6.07, 6.45) is 0. The summed E-state index contributed by atoms with van der Waals surface area (Å²) in [7, 11) is 0. The van der Waals surface area contributed by atoms with Gasteiger partial charge in [0.15, 0.2) is 5.76 Å². The number of carboxylic acid groups (broad SMARTS) is 1. The van der Waals surface area contributed by atoms with Crippen molar-refractivity contribution in [1.82, 2.24) is 0 Å². The molecule has 0 saturated carbocycles. The zero-order valence-corrected chi connectivity index (χ0v) is 9.94. The second-order valence-corrected chi connectivity index (χ2v) is 3.85. The molecule has 0 fully saturated rings. The molecule has 19 heavy (non-hydrogen) atoms. The van der Waals surface area contributed by atoms with Crippen LogP contribution >= 0.6 is 0 Å². The lowest BCUT2D eigenvalue weighted by atomic mass is 10.2. The molecule has 1 aromatic carbocycles. The van der Waals surface area contributed by atoms with Crippen LogP contribution in [0, 0.1) is 12.7 Å². The standard InChI is InChI=1S/C13H10FNO4/c1-7-3-2-4-8(14)11(7)15-12(16)9-5-6-10(19-9)13(17)18/h2-6H,1H3,(H,15,16)(H,17,18). The summed E-state index contributed by atoms with van der Waals surface area (Å²) in [5.74, 6) is -3.10. The van der Waals surface area contributed by atoms with Crippen molar-refractivity contribution in [3.8, 4) is 0 Å². The number of carboxylic acids is 1. The van der Waals surface area contributed by atoms with E-state index in [9.17, 15) is 14.0 Å². The molecule has 2 aromatic rings. The Balaban J connectivity index is 2.23. The lowest BCUT2D eigenvalue weighted by Gasteiger charge is -2.07. The number of benzene rings is 1. The SMILES string of the molecule is Cc1cccc(F)c1NC(=O)c1ccc(C(=O)O)o1. The van der Waals surface area contributed by atoms with Gasteiger partial charge in [-0.15, -0.1) is 0 Å². The summed E-state index contributed by atoms with van der Waals surface area (Å²) in [5.41, 5.74) is 0.596. The number of amides is 1. The van der Waals surface area contributed by atoms with E-state index < -0.39 is 17.7 Å². The molecule has 0 radical (unpaired) electrons. The number of carbonyl (C=O) groups is 2. The molecule has 1 heterocycles. The number of hydrogen-bond donors (Lipinski definition) is 2. The van der Waals surface area contributed by atoms with Crippen LogP contribution in [0.3, 0.4) is 0 Å². The minimum Gasteiger partial charge on any atom is -0.475 e. The van der Waals surface area contributed by atoms with E-state index in [4.69, 9.17) is 9.52 Å². The smallest absolute Gasteiger partial charge is 0.371 e. The first-order chi connectivity index (χ1) is 8.99. The number of carbonyl (C=O) groups excluding carboxylic acids is 1. The van der Waals surface area contributed by atoms with Crippen LogP contribution in [0.2, 0.25) is 0 Å². The summed E-state index contributed by atoms with van der Waals surface area (Å²) in [5, 5.41) is 11.0. The minimum absolute atomic E-state index is 0.0424. The molecule has 0 bridgehead atoms. The van der Waals surface area contributed by atoms with Gasteiger partial charge in [-0.05, 0) is 30.7 Å². The summed E-state index contributed by atoms with van der Waals surface area (Å²) in [6, 6.07) is 6.76. The zero-order chi connectivity index (χ0) is 14.0. The fourth-order valence-corrected chi connectivity index (χ4v) is 1.54. The van der Waals surface area contributed by atoms with Gasteiger partial charge in [0, 0.05) is 0 Å². The number of hydrogen-bond acceptors (Lipinski definition) is 3. The van der Waals surface area contributed by atoms with Crippen LogP contribution in [-0.2, 0) is 0 Å². The van der Waals surface area contributed by atoms with E-state index in [2.05, 4.69) is 5.32 Å². The monoisotopic (exact) mass is 263 g/mol. The normalized spacial score (nSPS) is 10.2. The molecule has 0 saturated heterocycles. The highest BCUT2D eigenvalue weighted by Gasteiger charge is 2.17. The lowest BCUT2D eigenvalue weighted by Crippen LogP contribution is -2.13. The largest absolute Gasteiger partial charge is 0.475 e. The number of aromatic carboxylic acids is 1. The molecule has 2 N–H and O–H groups in total. The number of halogens is 1. The van der Waals surface area contributed by atoms with E-state index in [1.807, 2.05) is 0 Å². The molecule has 1 aromatic heterocycles. The Kier molecular flexibility index (Phi) is 3.33. The van der Waals surface area contributed by atoms with Crippen LogP contribution in [0.1, 0.15) is 26.7 Å². The van der Waals surface area contributed by atoms with E-state index >= 15 is 0 Å². The minimum atomic E-state index is -1.28. The number of nitrogens with one attached hydrogen (secondary N) is 1. The Morgan fingerprint density at radius 1 is 1.21 bits per heavy atom. The van der Waals surface area contributed by atoms with Crippen LogP contribution in [0.5, 0.6) is 0 Å². The molecule has 5 nitrogen and oxygen atoms in total. The topological polar surface area (TPSA) is 79.5 Å². The maximum absolute atomic E-state index is 13.5. The number of rotatable bonds is 3. The van der Waals surface area contributed by atoms with Crippen LogP contribution in [0.15, 0.2) is 34.7 Å². The summed E-state index contributed by atoms with van der Waals surface area (Å²) < 4.78 is 18.3. The van der Waals surface area contributed by atoms with Gasteiger partial charge in [0.1, 0.15) is 5.82 Å². The quantitative estimate of drug-likeness (QED) is 0.892. The Morgan fingerprint density at radius 3 is 2.47 bits per heavy atom. The first-order valence-corrected chi connectivity index (χ1v) is 5.38. The van der Waals surface area contributed by atoms with Gasteiger partial charge in [-0.1, -0.05) is 12.1 Å². The molecule has 6 heteroatoms. The van der Waals surface area contributed by atoms with Crippen LogP contribution in [0.4, 0.5) is 10.1 Å². The molecular weight excluding hydrogens is 253 g/mol. The molecule has 0 aliphatic rings. The molecule has 1 amide bonds. The third kappa shape index (κ3) is 2.62. The van der Waals surface area contributed by atoms with Gasteiger partial charge in [-0.3, -0.25) is 4.79 Å². The average Bonchev–Trinajstić information content (AvgIpc) is 2.83. The Bertz CT molecular complexity index is 628. The van der Waals surface area contributed by atoms with E-state index in [1.54, 1.807) is 13.0 Å². The fourth-order valence-electron chi connectivity index (χ4n) is 1.54. The molecule has 0 aliphatic heterocycles. The molecule has 98 valence electrons. The maximum atomic E-state index is 13.5. The molecule has 0 spiro atoms. The fraction of sp³-hybridized carbons (Fsp3) is 0.0769. The number of anilines is 1. The Labute approximate surface area is 107 Å². The first kappa shape index (κ1) is 12.8. The summed E-state index contributed by atoms with van der Waals surface area (Å²) >= 11 is 0. The van der Waals surface area contributed by atoms with Crippen molar-refractivity contribution in [1.29, 1.82) is 0 Å². The van der Waals surface area contributed by atoms with Crippen molar-refractivity contribution in [3.05, 3.63) is 53.2 Å². The molecular formula is C13H10FNO4. The van der Waals surface area contributed by atoms with Crippen LogP contribution in [0.25, 0.3) is 0 Å². The molecule has 2 rings (SSSR count). The van der Waals surface area contributed by atoms with E-state index in [-0.39, 0.29) is 17.2 Å². The van der Waals surface area contributed by atoms with Gasteiger partial charge in [0.05, 0.1) is 5.69 Å². The van der Waals surface area contributed by atoms with E-state index in [0.29, 0.717) is 5.56 Å². The van der Waals surface area contributed by atoms with Crippen molar-refractivity contribution < 1.29 is 23.5 Å².